The SMILES string of the molecule is COc1cccc(C(=O)NC[C@H](c2ccc(N(C)C)cc2)[NH+]2CCOCC2)c1OC. The molecule has 162 valence electrons. The molecule has 7 heteroatoms. The minimum absolute atomic E-state index is 0.144. The van der Waals surface area contributed by atoms with Crippen LogP contribution in [-0.4, -0.2) is 67.1 Å². The zero-order chi connectivity index (χ0) is 21.5. The fraction of sp³-hybridized carbons (Fsp3) is 0.435. The minimum Gasteiger partial charge on any atom is -0.493 e. The van der Waals surface area contributed by atoms with E-state index in [1.807, 2.05) is 14.1 Å². The second-order valence-electron chi connectivity index (χ2n) is 7.56. The number of hydrogen-bond acceptors (Lipinski definition) is 5. The Morgan fingerprint density at radius 2 is 1.80 bits per heavy atom. The fourth-order valence-electron chi connectivity index (χ4n) is 3.84. The van der Waals surface area contributed by atoms with Crippen molar-refractivity contribution in [1.29, 1.82) is 0 Å². The van der Waals surface area contributed by atoms with Crippen molar-refractivity contribution in [3.63, 3.8) is 0 Å². The summed E-state index contributed by atoms with van der Waals surface area (Å²) < 4.78 is 16.3. The van der Waals surface area contributed by atoms with Gasteiger partial charge < -0.3 is 29.3 Å². The highest BCUT2D eigenvalue weighted by Gasteiger charge is 2.27. The van der Waals surface area contributed by atoms with Crippen LogP contribution in [0.2, 0.25) is 0 Å². The number of nitrogens with one attached hydrogen (secondary N) is 2. The minimum atomic E-state index is -0.173. The molecule has 0 aromatic heterocycles. The number of morpholine rings is 1. The normalized spacial score (nSPS) is 15.3. The number of para-hydroxylation sites is 1. The van der Waals surface area contributed by atoms with E-state index in [1.54, 1.807) is 32.4 Å². The number of hydrogen-bond donors (Lipinski definition) is 2. The molecular weight excluding hydrogens is 382 g/mol. The van der Waals surface area contributed by atoms with Gasteiger partial charge in [-0.1, -0.05) is 18.2 Å². The van der Waals surface area contributed by atoms with Gasteiger partial charge in [0.2, 0.25) is 0 Å². The van der Waals surface area contributed by atoms with Crippen molar-refractivity contribution in [1.82, 2.24) is 5.32 Å². The van der Waals surface area contributed by atoms with Gasteiger partial charge in [0.1, 0.15) is 19.1 Å². The molecule has 0 spiro atoms. The van der Waals surface area contributed by atoms with Crippen LogP contribution < -0.4 is 24.6 Å². The number of rotatable bonds is 8. The summed E-state index contributed by atoms with van der Waals surface area (Å²) in [5.74, 6) is 0.816. The van der Waals surface area contributed by atoms with Gasteiger partial charge in [-0.2, -0.15) is 0 Å². The molecule has 2 aromatic rings. The van der Waals surface area contributed by atoms with Gasteiger partial charge >= 0.3 is 0 Å². The molecular formula is C23H32N3O4+. The van der Waals surface area contributed by atoms with Crippen molar-refractivity contribution < 1.29 is 23.9 Å². The van der Waals surface area contributed by atoms with Crippen molar-refractivity contribution in [2.45, 2.75) is 6.04 Å². The zero-order valence-corrected chi connectivity index (χ0v) is 18.2. The summed E-state index contributed by atoms with van der Waals surface area (Å²) in [5, 5.41) is 3.11. The van der Waals surface area contributed by atoms with Crippen LogP contribution >= 0.6 is 0 Å². The predicted octanol–water partition coefficient (Wildman–Crippen LogP) is 1.16. The van der Waals surface area contributed by atoms with Gasteiger partial charge in [-0.25, -0.2) is 0 Å². The predicted molar refractivity (Wildman–Crippen MR) is 117 cm³/mol. The zero-order valence-electron chi connectivity index (χ0n) is 18.2. The molecule has 0 aliphatic carbocycles. The summed E-state index contributed by atoms with van der Waals surface area (Å²) >= 11 is 0. The quantitative estimate of drug-likeness (QED) is 0.679. The number of anilines is 1. The van der Waals surface area contributed by atoms with E-state index < -0.39 is 0 Å². The standard InChI is InChI=1S/C23H31N3O4/c1-25(2)18-10-8-17(9-11-18)20(26-12-14-30-15-13-26)16-24-23(27)19-6-5-7-21(28-3)22(19)29-4/h5-11,20H,12-16H2,1-4H3,(H,24,27)/p+1/t20-/m1/s1. The van der Waals surface area contributed by atoms with Crippen LogP contribution in [0.1, 0.15) is 22.0 Å². The van der Waals surface area contributed by atoms with Gasteiger partial charge in [0, 0.05) is 25.3 Å². The summed E-state index contributed by atoms with van der Waals surface area (Å²) in [5.41, 5.74) is 2.82. The molecule has 1 amide bonds. The van der Waals surface area contributed by atoms with Crippen molar-refractivity contribution in [3.05, 3.63) is 53.6 Å². The van der Waals surface area contributed by atoms with E-state index in [4.69, 9.17) is 14.2 Å². The smallest absolute Gasteiger partial charge is 0.255 e. The maximum Gasteiger partial charge on any atom is 0.255 e. The number of carbonyl (C=O) groups excluding carboxylic acids is 1. The van der Waals surface area contributed by atoms with Gasteiger partial charge in [0.05, 0.1) is 39.5 Å². The first-order chi connectivity index (χ1) is 14.5. The van der Waals surface area contributed by atoms with Crippen molar-refractivity contribution >= 4 is 11.6 Å². The largest absolute Gasteiger partial charge is 0.493 e. The van der Waals surface area contributed by atoms with Crippen LogP contribution in [0, 0.1) is 0 Å². The second-order valence-corrected chi connectivity index (χ2v) is 7.56. The average Bonchev–Trinajstić information content (AvgIpc) is 2.79. The molecule has 0 radical (unpaired) electrons. The second kappa shape index (κ2) is 10.3. The Bertz CT molecular complexity index is 833. The Hall–Kier alpha value is -2.77. The summed E-state index contributed by atoms with van der Waals surface area (Å²) in [6.07, 6.45) is 0. The molecule has 1 aliphatic rings. The third-order valence-corrected chi connectivity index (χ3v) is 5.55. The van der Waals surface area contributed by atoms with Crippen molar-refractivity contribution in [3.8, 4) is 11.5 Å². The van der Waals surface area contributed by atoms with Crippen LogP contribution in [0.4, 0.5) is 5.69 Å². The number of methoxy groups -OCH3 is 2. The monoisotopic (exact) mass is 414 g/mol. The highest BCUT2D eigenvalue weighted by molar-refractivity contribution is 5.97. The number of amides is 1. The summed E-state index contributed by atoms with van der Waals surface area (Å²) in [6, 6.07) is 14.0. The van der Waals surface area contributed by atoms with Gasteiger partial charge in [0.25, 0.3) is 5.91 Å². The van der Waals surface area contributed by atoms with Crippen LogP contribution in [0.3, 0.4) is 0 Å². The first kappa shape index (κ1) is 21.9. The molecule has 0 saturated carbocycles. The molecule has 2 N–H and O–H groups in total. The Balaban J connectivity index is 1.79. The van der Waals surface area contributed by atoms with Gasteiger partial charge in [-0.3, -0.25) is 4.79 Å². The van der Waals surface area contributed by atoms with Crippen LogP contribution in [0.25, 0.3) is 0 Å². The molecule has 7 nitrogen and oxygen atoms in total. The Kier molecular flexibility index (Phi) is 7.54. The highest BCUT2D eigenvalue weighted by Crippen LogP contribution is 2.30. The molecule has 1 heterocycles. The first-order valence-corrected chi connectivity index (χ1v) is 10.2. The molecule has 2 aromatic carbocycles. The maximum atomic E-state index is 13.0. The summed E-state index contributed by atoms with van der Waals surface area (Å²) in [7, 11) is 7.17. The molecule has 1 fully saturated rings. The van der Waals surface area contributed by atoms with E-state index in [-0.39, 0.29) is 11.9 Å². The number of carbonyl (C=O) groups is 1. The van der Waals surface area contributed by atoms with Gasteiger partial charge in [-0.15, -0.1) is 0 Å². The van der Waals surface area contributed by atoms with E-state index in [0.717, 1.165) is 32.0 Å². The molecule has 0 unspecified atom stereocenters. The van der Waals surface area contributed by atoms with Crippen LogP contribution in [-0.2, 0) is 4.74 Å². The number of nitrogens with zero attached hydrogens (tertiary/aromatic N) is 1. The fourth-order valence-corrected chi connectivity index (χ4v) is 3.84. The topological polar surface area (TPSA) is 64.5 Å². The summed E-state index contributed by atoms with van der Waals surface area (Å²) in [6.45, 7) is 3.82. The lowest BCUT2D eigenvalue weighted by Crippen LogP contribution is -3.15. The average molecular weight is 415 g/mol. The number of ether oxygens (including phenoxy) is 3. The van der Waals surface area contributed by atoms with Crippen molar-refractivity contribution in [2.75, 3.05) is 66.1 Å². The third-order valence-electron chi connectivity index (χ3n) is 5.55. The van der Waals surface area contributed by atoms with Crippen molar-refractivity contribution in [2.24, 2.45) is 0 Å². The lowest BCUT2D eigenvalue weighted by Gasteiger charge is -2.32. The molecule has 30 heavy (non-hydrogen) atoms. The Morgan fingerprint density at radius 1 is 1.10 bits per heavy atom. The number of benzene rings is 2. The van der Waals surface area contributed by atoms with Crippen LogP contribution in [0.15, 0.2) is 42.5 Å². The number of quaternary nitrogens is 1. The van der Waals surface area contributed by atoms with Gasteiger partial charge in [-0.05, 0) is 24.3 Å². The van der Waals surface area contributed by atoms with Gasteiger partial charge in [0.15, 0.2) is 11.5 Å². The van der Waals surface area contributed by atoms with E-state index in [9.17, 15) is 4.79 Å². The van der Waals surface area contributed by atoms with Crippen LogP contribution in [0.5, 0.6) is 11.5 Å². The first-order valence-electron chi connectivity index (χ1n) is 10.2. The maximum absolute atomic E-state index is 13.0. The summed E-state index contributed by atoms with van der Waals surface area (Å²) in [4.78, 5) is 16.5. The van der Waals surface area contributed by atoms with E-state index in [1.165, 1.54) is 10.5 Å². The Labute approximate surface area is 178 Å². The third kappa shape index (κ3) is 5.04. The molecule has 1 atom stereocenters. The molecule has 1 saturated heterocycles. The molecule has 3 rings (SSSR count). The highest BCUT2D eigenvalue weighted by atomic mass is 16.5. The van der Waals surface area contributed by atoms with E-state index in [0.29, 0.717) is 23.6 Å². The molecule has 0 bridgehead atoms. The van der Waals surface area contributed by atoms with E-state index >= 15 is 0 Å². The lowest BCUT2D eigenvalue weighted by atomic mass is 10.0. The Morgan fingerprint density at radius 3 is 2.40 bits per heavy atom. The lowest BCUT2D eigenvalue weighted by molar-refractivity contribution is -0.937. The van der Waals surface area contributed by atoms with E-state index in [2.05, 4.69) is 34.5 Å². The molecule has 1 aliphatic heterocycles.